The lowest BCUT2D eigenvalue weighted by Crippen LogP contribution is -2.36. The molecule has 0 heterocycles. The van der Waals surface area contributed by atoms with E-state index in [1.165, 1.54) is 0 Å². The maximum absolute atomic E-state index is 11.9. The van der Waals surface area contributed by atoms with Crippen LogP contribution in [0.1, 0.15) is 38.5 Å². The van der Waals surface area contributed by atoms with Gasteiger partial charge in [0.15, 0.2) is 0 Å². The molecule has 1 fully saturated rings. The molecular formula is C11H18F3NO. The van der Waals surface area contributed by atoms with Gasteiger partial charge in [0.2, 0.25) is 0 Å². The molecule has 0 amide bonds. The van der Waals surface area contributed by atoms with E-state index in [1.54, 1.807) is 0 Å². The zero-order valence-electron chi connectivity index (χ0n) is 9.52. The predicted molar refractivity (Wildman–Crippen MR) is 55.2 cm³/mol. The first-order valence-corrected chi connectivity index (χ1v) is 5.67. The number of hydrogen-bond acceptors (Lipinski definition) is 2. The summed E-state index contributed by atoms with van der Waals surface area (Å²) in [4.78, 5) is 13.0. The summed E-state index contributed by atoms with van der Waals surface area (Å²) in [5.41, 5.74) is 0. The van der Waals surface area contributed by atoms with Gasteiger partial charge >= 0.3 is 6.18 Å². The van der Waals surface area contributed by atoms with Crippen molar-refractivity contribution in [2.45, 2.75) is 50.7 Å². The molecule has 0 saturated heterocycles. The summed E-state index contributed by atoms with van der Waals surface area (Å²) < 4.78 is 35.8. The summed E-state index contributed by atoms with van der Waals surface area (Å²) in [5, 5.41) is 0. The Bertz CT molecular complexity index is 230. The first-order chi connectivity index (χ1) is 7.38. The van der Waals surface area contributed by atoms with E-state index in [1.807, 2.05) is 11.9 Å². The van der Waals surface area contributed by atoms with Crippen molar-refractivity contribution in [2.75, 3.05) is 13.6 Å². The van der Waals surface area contributed by atoms with Crippen molar-refractivity contribution >= 4 is 5.78 Å². The highest BCUT2D eigenvalue weighted by molar-refractivity contribution is 5.79. The molecule has 0 aromatic rings. The Hall–Kier alpha value is -0.580. The molecule has 0 spiro atoms. The maximum atomic E-state index is 11.9. The van der Waals surface area contributed by atoms with E-state index in [-0.39, 0.29) is 18.2 Å². The smallest absolute Gasteiger partial charge is 0.303 e. The van der Waals surface area contributed by atoms with Crippen LogP contribution in [0.4, 0.5) is 13.2 Å². The first-order valence-electron chi connectivity index (χ1n) is 5.67. The monoisotopic (exact) mass is 237 g/mol. The Balaban J connectivity index is 2.20. The minimum atomic E-state index is -4.05. The van der Waals surface area contributed by atoms with Crippen molar-refractivity contribution in [3.63, 3.8) is 0 Å². The van der Waals surface area contributed by atoms with E-state index in [9.17, 15) is 18.0 Å². The van der Waals surface area contributed by atoms with Gasteiger partial charge in [-0.3, -0.25) is 4.79 Å². The largest absolute Gasteiger partial charge is 0.389 e. The van der Waals surface area contributed by atoms with Crippen LogP contribution < -0.4 is 0 Å². The van der Waals surface area contributed by atoms with E-state index >= 15 is 0 Å². The van der Waals surface area contributed by atoms with Crippen LogP contribution >= 0.6 is 0 Å². The van der Waals surface area contributed by atoms with Gasteiger partial charge in [-0.1, -0.05) is 0 Å². The molecule has 0 aliphatic heterocycles. The number of hydrogen-bond donors (Lipinski definition) is 0. The first kappa shape index (κ1) is 13.5. The van der Waals surface area contributed by atoms with Gasteiger partial charge in [0.05, 0.1) is 0 Å². The zero-order valence-corrected chi connectivity index (χ0v) is 9.52. The van der Waals surface area contributed by atoms with Crippen LogP contribution in [0.2, 0.25) is 0 Å². The Morgan fingerprint density at radius 1 is 1.31 bits per heavy atom. The molecule has 2 nitrogen and oxygen atoms in total. The summed E-state index contributed by atoms with van der Waals surface area (Å²) in [6.07, 6.45) is -1.89. The molecule has 0 aromatic carbocycles. The van der Waals surface area contributed by atoms with E-state index in [0.717, 1.165) is 12.8 Å². The molecule has 5 heteroatoms. The number of carbonyl (C=O) groups excluding carboxylic acids is 1. The van der Waals surface area contributed by atoms with Crippen LogP contribution in [0, 0.1) is 0 Å². The van der Waals surface area contributed by atoms with Crippen molar-refractivity contribution in [3.05, 3.63) is 0 Å². The van der Waals surface area contributed by atoms with Gasteiger partial charge < -0.3 is 4.90 Å². The van der Waals surface area contributed by atoms with E-state index in [0.29, 0.717) is 19.4 Å². The number of alkyl halides is 3. The normalized spacial score (nSPS) is 19.4. The lowest BCUT2D eigenvalue weighted by atomic mass is 9.93. The number of Topliss-reactive ketones (excluding diaryl/α,β-unsaturated/α-hetero) is 1. The van der Waals surface area contributed by atoms with E-state index in [2.05, 4.69) is 0 Å². The van der Waals surface area contributed by atoms with Crippen LogP contribution in [-0.2, 0) is 4.79 Å². The molecule has 1 rings (SSSR count). The molecule has 0 aromatic heterocycles. The molecule has 0 radical (unpaired) electrons. The SMILES string of the molecule is CN(CCCC(F)(F)F)C1CCC(=O)CC1. The molecule has 0 N–H and O–H groups in total. The summed E-state index contributed by atoms with van der Waals surface area (Å²) in [5.74, 6) is 0.278. The molecular weight excluding hydrogens is 219 g/mol. The Kier molecular flexibility index (Phi) is 4.77. The zero-order chi connectivity index (χ0) is 12.2. The van der Waals surface area contributed by atoms with Crippen LogP contribution in [-0.4, -0.2) is 36.5 Å². The summed E-state index contributed by atoms with van der Waals surface area (Å²) in [7, 11) is 1.84. The number of ketones is 1. The fourth-order valence-corrected chi connectivity index (χ4v) is 2.08. The van der Waals surface area contributed by atoms with Crippen molar-refractivity contribution in [1.82, 2.24) is 4.90 Å². The molecule has 1 saturated carbocycles. The second-order valence-electron chi connectivity index (χ2n) is 4.47. The third kappa shape index (κ3) is 4.96. The Morgan fingerprint density at radius 2 is 1.88 bits per heavy atom. The fraction of sp³-hybridized carbons (Fsp3) is 0.909. The Labute approximate surface area is 93.8 Å². The third-order valence-corrected chi connectivity index (χ3v) is 3.11. The topological polar surface area (TPSA) is 20.3 Å². The molecule has 0 bridgehead atoms. The second-order valence-corrected chi connectivity index (χ2v) is 4.47. The van der Waals surface area contributed by atoms with Crippen LogP contribution in [0.25, 0.3) is 0 Å². The second kappa shape index (κ2) is 5.66. The molecule has 0 atom stereocenters. The minimum Gasteiger partial charge on any atom is -0.303 e. The van der Waals surface area contributed by atoms with Gasteiger partial charge in [-0.15, -0.1) is 0 Å². The van der Waals surface area contributed by atoms with Gasteiger partial charge in [-0.05, 0) is 32.9 Å². The van der Waals surface area contributed by atoms with E-state index < -0.39 is 12.6 Å². The Morgan fingerprint density at radius 3 is 2.38 bits per heavy atom. The molecule has 1 aliphatic carbocycles. The standard InChI is InChI=1S/C11H18F3NO/c1-15(8-2-7-11(12,13)14)9-3-5-10(16)6-4-9/h9H,2-8H2,1H3. The lowest BCUT2D eigenvalue weighted by Gasteiger charge is -2.30. The highest BCUT2D eigenvalue weighted by atomic mass is 19.4. The fourth-order valence-electron chi connectivity index (χ4n) is 2.08. The highest BCUT2D eigenvalue weighted by Crippen LogP contribution is 2.23. The van der Waals surface area contributed by atoms with Crippen LogP contribution in [0.3, 0.4) is 0 Å². The summed E-state index contributed by atoms with van der Waals surface area (Å²) in [6, 6.07) is 0.283. The number of halogens is 3. The van der Waals surface area contributed by atoms with Gasteiger partial charge in [0.25, 0.3) is 0 Å². The van der Waals surface area contributed by atoms with E-state index in [4.69, 9.17) is 0 Å². The van der Waals surface area contributed by atoms with Crippen LogP contribution in [0.15, 0.2) is 0 Å². The molecule has 1 aliphatic rings. The summed E-state index contributed by atoms with van der Waals surface area (Å²) >= 11 is 0. The average Bonchev–Trinajstić information content (AvgIpc) is 2.16. The maximum Gasteiger partial charge on any atom is 0.389 e. The van der Waals surface area contributed by atoms with Crippen molar-refractivity contribution in [1.29, 1.82) is 0 Å². The number of carbonyl (C=O) groups is 1. The molecule has 94 valence electrons. The predicted octanol–water partition coefficient (Wildman–Crippen LogP) is 2.77. The summed E-state index contributed by atoms with van der Waals surface area (Å²) in [6.45, 7) is 0.457. The lowest BCUT2D eigenvalue weighted by molar-refractivity contribution is -0.136. The number of rotatable bonds is 4. The average molecular weight is 237 g/mol. The van der Waals surface area contributed by atoms with Gasteiger partial charge in [0.1, 0.15) is 5.78 Å². The van der Waals surface area contributed by atoms with Crippen molar-refractivity contribution < 1.29 is 18.0 Å². The minimum absolute atomic E-state index is 0.143. The van der Waals surface area contributed by atoms with Gasteiger partial charge in [0, 0.05) is 25.3 Å². The van der Waals surface area contributed by atoms with Crippen molar-refractivity contribution in [2.24, 2.45) is 0 Å². The van der Waals surface area contributed by atoms with Gasteiger partial charge in [-0.25, -0.2) is 0 Å². The third-order valence-electron chi connectivity index (χ3n) is 3.11. The van der Waals surface area contributed by atoms with Gasteiger partial charge in [-0.2, -0.15) is 13.2 Å². The number of nitrogens with zero attached hydrogens (tertiary/aromatic N) is 1. The van der Waals surface area contributed by atoms with Crippen molar-refractivity contribution in [3.8, 4) is 0 Å². The molecule has 16 heavy (non-hydrogen) atoms. The van der Waals surface area contributed by atoms with Crippen LogP contribution in [0.5, 0.6) is 0 Å². The molecule has 0 unspecified atom stereocenters. The quantitative estimate of drug-likeness (QED) is 0.749. The highest BCUT2D eigenvalue weighted by Gasteiger charge is 2.27.